The number of aromatic nitrogens is 2. The highest BCUT2D eigenvalue weighted by molar-refractivity contribution is 4.84. The van der Waals surface area contributed by atoms with Gasteiger partial charge in [0.2, 0.25) is 0 Å². The Morgan fingerprint density at radius 3 is 1.84 bits per heavy atom. The molecule has 0 bridgehead atoms. The summed E-state index contributed by atoms with van der Waals surface area (Å²) in [4.78, 5) is 0. The van der Waals surface area contributed by atoms with Crippen LogP contribution in [-0.2, 0) is 19.5 Å². The third kappa shape index (κ3) is 10.1. The Hall–Kier alpha value is -0.790. The second-order valence-electron chi connectivity index (χ2n) is 7.74. The molecule has 0 amide bonds. The molecule has 1 aromatic rings. The van der Waals surface area contributed by atoms with Crippen molar-refractivity contribution >= 4 is 0 Å². The third-order valence-corrected chi connectivity index (χ3v) is 5.31. The number of nitrogens with zero attached hydrogens (tertiary/aromatic N) is 2. The molecule has 2 nitrogen and oxygen atoms in total. The van der Waals surface area contributed by atoms with E-state index in [1.165, 1.54) is 109 Å². The van der Waals surface area contributed by atoms with Gasteiger partial charge in [0.05, 0.1) is 13.1 Å². The second kappa shape index (κ2) is 15.5. The fourth-order valence-corrected chi connectivity index (χ4v) is 3.74. The Morgan fingerprint density at radius 1 is 0.680 bits per heavy atom. The molecule has 0 aliphatic heterocycles. The zero-order chi connectivity index (χ0) is 18.2. The average molecular weight is 350 g/mol. The van der Waals surface area contributed by atoms with E-state index >= 15 is 0 Å². The minimum Gasteiger partial charge on any atom is -0.234 e. The molecule has 2 heteroatoms. The van der Waals surface area contributed by atoms with Crippen LogP contribution in [0.3, 0.4) is 0 Å². The van der Waals surface area contributed by atoms with Crippen molar-refractivity contribution in [3.8, 4) is 0 Å². The predicted octanol–water partition coefficient (Wildman–Crippen LogP) is 6.84. The molecule has 0 aliphatic carbocycles. The monoisotopic (exact) mass is 349 g/mol. The lowest BCUT2D eigenvalue weighted by Crippen LogP contribution is -2.37. The van der Waals surface area contributed by atoms with Crippen molar-refractivity contribution < 1.29 is 4.57 Å². The number of hydrogen-bond donors (Lipinski definition) is 0. The molecule has 0 saturated heterocycles. The van der Waals surface area contributed by atoms with Crippen LogP contribution in [0.5, 0.6) is 0 Å². The number of rotatable bonds is 17. The van der Waals surface area contributed by atoms with E-state index in [0.29, 0.717) is 0 Å². The van der Waals surface area contributed by atoms with Crippen LogP contribution in [0.4, 0.5) is 0 Å². The summed E-state index contributed by atoms with van der Waals surface area (Å²) in [5.41, 5.74) is 0. The Bertz CT molecular complexity index is 408. The van der Waals surface area contributed by atoms with Gasteiger partial charge >= 0.3 is 0 Å². The smallest absolute Gasteiger partial charge is 0.234 e. The number of unbranched alkanes of at least 4 members (excludes halogenated alkanes) is 11. The number of hydrogen-bond acceptors (Lipinski definition) is 0. The van der Waals surface area contributed by atoms with E-state index in [9.17, 15) is 0 Å². The Balaban J connectivity index is 2.32. The van der Waals surface area contributed by atoms with Gasteiger partial charge in [0, 0.05) is 6.42 Å². The fourth-order valence-electron chi connectivity index (χ4n) is 3.74. The van der Waals surface area contributed by atoms with E-state index in [-0.39, 0.29) is 0 Å². The van der Waals surface area contributed by atoms with Gasteiger partial charge in [-0.2, -0.15) is 0 Å². The molecule has 25 heavy (non-hydrogen) atoms. The van der Waals surface area contributed by atoms with Crippen molar-refractivity contribution in [1.82, 2.24) is 4.57 Å². The van der Waals surface area contributed by atoms with Crippen LogP contribution >= 0.6 is 0 Å². The van der Waals surface area contributed by atoms with Crippen molar-refractivity contribution in [2.45, 2.75) is 130 Å². The van der Waals surface area contributed by atoms with Crippen molar-refractivity contribution in [1.29, 1.82) is 0 Å². The van der Waals surface area contributed by atoms with Crippen LogP contribution in [0.2, 0.25) is 0 Å². The van der Waals surface area contributed by atoms with Crippen LogP contribution in [0.1, 0.15) is 116 Å². The van der Waals surface area contributed by atoms with Crippen LogP contribution in [-0.4, -0.2) is 4.57 Å². The summed E-state index contributed by atoms with van der Waals surface area (Å²) in [6.45, 7) is 9.27. The highest BCUT2D eigenvalue weighted by Gasteiger charge is 2.15. The van der Waals surface area contributed by atoms with Gasteiger partial charge in [-0.15, -0.1) is 0 Å². The summed E-state index contributed by atoms with van der Waals surface area (Å²) < 4.78 is 5.05. The molecule has 0 saturated carbocycles. The molecule has 0 aromatic carbocycles. The summed E-state index contributed by atoms with van der Waals surface area (Å²) in [7, 11) is 0. The topological polar surface area (TPSA) is 8.81 Å². The van der Waals surface area contributed by atoms with Gasteiger partial charge in [-0.3, -0.25) is 0 Å². The van der Waals surface area contributed by atoms with Gasteiger partial charge in [0.25, 0.3) is 5.82 Å². The van der Waals surface area contributed by atoms with E-state index in [0.717, 1.165) is 0 Å². The SMILES string of the molecule is CCCCCCCCCCc1n(CCCCCCC)cc[n+]1CCC. The molecular formula is C23H45N2+. The minimum absolute atomic E-state index is 1.18. The van der Waals surface area contributed by atoms with Crippen molar-refractivity contribution in [2.75, 3.05) is 0 Å². The maximum absolute atomic E-state index is 2.54. The Morgan fingerprint density at radius 2 is 1.24 bits per heavy atom. The highest BCUT2D eigenvalue weighted by atomic mass is 15.1. The molecule has 0 radical (unpaired) electrons. The van der Waals surface area contributed by atoms with Crippen LogP contribution in [0, 0.1) is 0 Å². The Labute approximate surface area is 158 Å². The van der Waals surface area contributed by atoms with Gasteiger partial charge in [0.1, 0.15) is 12.4 Å². The van der Waals surface area contributed by atoms with Gasteiger partial charge in [-0.25, -0.2) is 9.13 Å². The minimum atomic E-state index is 1.18. The molecule has 1 heterocycles. The lowest BCUT2D eigenvalue weighted by Gasteiger charge is -2.06. The molecule has 1 aromatic heterocycles. The highest BCUT2D eigenvalue weighted by Crippen LogP contribution is 2.12. The van der Waals surface area contributed by atoms with E-state index in [1.807, 2.05) is 0 Å². The van der Waals surface area contributed by atoms with Gasteiger partial charge < -0.3 is 0 Å². The van der Waals surface area contributed by atoms with Gasteiger partial charge in [-0.1, -0.05) is 85.0 Å². The maximum Gasteiger partial charge on any atom is 0.256 e. The molecule has 1 rings (SSSR count). The molecule has 0 atom stereocenters. The molecule has 0 fully saturated rings. The van der Waals surface area contributed by atoms with E-state index in [1.54, 1.807) is 5.82 Å². The number of imidazole rings is 1. The molecule has 0 spiro atoms. The van der Waals surface area contributed by atoms with Crippen molar-refractivity contribution in [2.24, 2.45) is 0 Å². The largest absolute Gasteiger partial charge is 0.256 e. The lowest BCUT2D eigenvalue weighted by molar-refractivity contribution is -0.703. The molecule has 0 aliphatic rings. The van der Waals surface area contributed by atoms with E-state index < -0.39 is 0 Å². The first-order valence-corrected chi connectivity index (χ1v) is 11.4. The molecular weight excluding hydrogens is 304 g/mol. The standard InChI is InChI=1S/C23H45N2/c1-4-7-9-11-12-13-14-16-18-23-24(19-6-3)21-22-25(23)20-17-15-10-8-5-2/h21-22H,4-20H2,1-3H3/q+1. The van der Waals surface area contributed by atoms with Crippen molar-refractivity contribution in [3.63, 3.8) is 0 Å². The zero-order valence-electron chi connectivity index (χ0n) is 17.6. The Kier molecular flexibility index (Phi) is 13.8. The van der Waals surface area contributed by atoms with Crippen molar-refractivity contribution in [3.05, 3.63) is 18.2 Å². The summed E-state index contributed by atoms with van der Waals surface area (Å²) in [6, 6.07) is 0. The molecule has 0 unspecified atom stereocenters. The van der Waals surface area contributed by atoms with E-state index in [4.69, 9.17) is 0 Å². The molecule has 0 N–H and O–H groups in total. The van der Waals surface area contributed by atoms with Crippen LogP contribution < -0.4 is 4.57 Å². The third-order valence-electron chi connectivity index (χ3n) is 5.31. The van der Waals surface area contributed by atoms with Crippen LogP contribution in [0.25, 0.3) is 0 Å². The first kappa shape index (κ1) is 22.3. The van der Waals surface area contributed by atoms with Crippen LogP contribution in [0.15, 0.2) is 12.4 Å². The quantitative estimate of drug-likeness (QED) is 0.215. The fraction of sp³-hybridized carbons (Fsp3) is 0.870. The summed E-state index contributed by atoms with van der Waals surface area (Å²) in [5, 5.41) is 0. The normalized spacial score (nSPS) is 11.3. The molecule has 146 valence electrons. The number of aryl methyl sites for hydroxylation is 2. The first-order chi connectivity index (χ1) is 12.3. The van der Waals surface area contributed by atoms with Gasteiger partial charge in [-0.05, 0) is 25.7 Å². The summed E-state index contributed by atoms with van der Waals surface area (Å²) >= 11 is 0. The second-order valence-corrected chi connectivity index (χ2v) is 7.74. The predicted molar refractivity (Wildman–Crippen MR) is 110 cm³/mol. The average Bonchev–Trinajstić information content (AvgIpc) is 2.99. The summed E-state index contributed by atoms with van der Waals surface area (Å²) in [6.07, 6.45) is 25.3. The zero-order valence-corrected chi connectivity index (χ0v) is 17.6. The van der Waals surface area contributed by atoms with E-state index in [2.05, 4.69) is 42.3 Å². The first-order valence-electron chi connectivity index (χ1n) is 11.4. The van der Waals surface area contributed by atoms with Gasteiger partial charge in [0.15, 0.2) is 0 Å². The maximum atomic E-state index is 2.54. The summed E-state index contributed by atoms with van der Waals surface area (Å²) in [5.74, 6) is 1.57. The lowest BCUT2D eigenvalue weighted by atomic mass is 10.1.